The number of hydrogen-bond donors (Lipinski definition) is 1. The van der Waals surface area contributed by atoms with Gasteiger partial charge in [0.05, 0.1) is 12.1 Å². The smallest absolute Gasteiger partial charge is 0.337 e. The molecule has 5 nitrogen and oxygen atoms in total. The summed E-state index contributed by atoms with van der Waals surface area (Å²) in [4.78, 5) is 27.9. The molecule has 0 unspecified atom stereocenters. The Labute approximate surface area is 176 Å². The lowest BCUT2D eigenvalue weighted by atomic mass is 10.1. The van der Waals surface area contributed by atoms with Crippen LogP contribution in [-0.2, 0) is 15.8 Å². The summed E-state index contributed by atoms with van der Waals surface area (Å²) < 4.78 is 51.2. The van der Waals surface area contributed by atoms with Crippen molar-refractivity contribution < 1.29 is 27.2 Å². The highest BCUT2D eigenvalue weighted by Gasteiger charge is 2.30. The fourth-order valence-corrected chi connectivity index (χ4v) is 3.15. The van der Waals surface area contributed by atoms with Gasteiger partial charge >= 0.3 is 6.18 Å². The number of carbonyl (C=O) groups excluding carboxylic acids is 2. The van der Waals surface area contributed by atoms with E-state index >= 15 is 0 Å². The predicted octanol–water partition coefficient (Wildman–Crippen LogP) is 3.64. The molecular weight excluding hydrogens is 414 g/mol. The number of carbonyl (C=O) groups is 2. The summed E-state index contributed by atoms with van der Waals surface area (Å²) in [5.41, 5.74) is 0.0221. The first kappa shape index (κ1) is 22.5. The summed E-state index contributed by atoms with van der Waals surface area (Å²) in [6.07, 6.45) is -1.82. The van der Waals surface area contributed by atoms with Crippen LogP contribution in [0.25, 0.3) is 6.08 Å². The molecule has 2 amide bonds. The van der Waals surface area contributed by atoms with Crippen LogP contribution < -0.4 is 5.32 Å². The average Bonchev–Trinajstić information content (AvgIpc) is 2.74. The van der Waals surface area contributed by atoms with Crippen molar-refractivity contribution in [1.82, 2.24) is 9.80 Å². The van der Waals surface area contributed by atoms with Crippen molar-refractivity contribution in [3.63, 3.8) is 0 Å². The maximum absolute atomic E-state index is 12.9. The van der Waals surface area contributed by atoms with Gasteiger partial charge in [0, 0.05) is 37.9 Å². The molecule has 0 saturated carbocycles. The van der Waals surface area contributed by atoms with Crippen molar-refractivity contribution in [1.29, 1.82) is 0 Å². The van der Waals surface area contributed by atoms with Crippen LogP contribution >= 0.6 is 0 Å². The van der Waals surface area contributed by atoms with E-state index in [1.807, 2.05) is 4.90 Å². The highest BCUT2D eigenvalue weighted by molar-refractivity contribution is 5.93. The van der Waals surface area contributed by atoms with Crippen molar-refractivity contribution in [3.05, 3.63) is 71.6 Å². The number of rotatable bonds is 5. The van der Waals surface area contributed by atoms with E-state index in [1.54, 1.807) is 4.90 Å². The quantitative estimate of drug-likeness (QED) is 0.577. The molecule has 0 bridgehead atoms. The van der Waals surface area contributed by atoms with Crippen LogP contribution in [-0.4, -0.2) is 54.3 Å². The molecule has 0 spiro atoms. The van der Waals surface area contributed by atoms with E-state index < -0.39 is 11.7 Å². The van der Waals surface area contributed by atoms with Crippen molar-refractivity contribution in [3.8, 4) is 0 Å². The van der Waals surface area contributed by atoms with Gasteiger partial charge < -0.3 is 10.2 Å². The van der Waals surface area contributed by atoms with Gasteiger partial charge in [-0.1, -0.05) is 12.1 Å². The molecule has 9 heteroatoms. The monoisotopic (exact) mass is 435 g/mol. The number of nitrogens with one attached hydrogen (secondary N) is 1. The van der Waals surface area contributed by atoms with Crippen LogP contribution in [0.5, 0.6) is 0 Å². The fraction of sp³-hybridized carbons (Fsp3) is 0.273. The van der Waals surface area contributed by atoms with Crippen LogP contribution in [0.4, 0.5) is 23.2 Å². The Hall–Kier alpha value is -3.20. The number of piperazine rings is 1. The Morgan fingerprint density at radius 2 is 1.68 bits per heavy atom. The molecule has 1 fully saturated rings. The molecule has 1 aliphatic heterocycles. The van der Waals surface area contributed by atoms with Crippen LogP contribution in [0.2, 0.25) is 0 Å². The van der Waals surface area contributed by atoms with E-state index in [0.717, 1.165) is 12.1 Å². The first-order chi connectivity index (χ1) is 14.7. The summed E-state index contributed by atoms with van der Waals surface area (Å²) in [5.74, 6) is -0.926. The zero-order valence-corrected chi connectivity index (χ0v) is 16.5. The predicted molar refractivity (Wildman–Crippen MR) is 109 cm³/mol. The number of amides is 2. The molecule has 2 aromatic rings. The van der Waals surface area contributed by atoms with E-state index in [1.165, 1.54) is 48.6 Å². The number of anilines is 1. The summed E-state index contributed by atoms with van der Waals surface area (Å²) in [6, 6.07) is 10.2. The second-order valence-electron chi connectivity index (χ2n) is 7.11. The lowest BCUT2D eigenvalue weighted by Crippen LogP contribution is -2.50. The van der Waals surface area contributed by atoms with Crippen LogP contribution in [0, 0.1) is 5.82 Å². The highest BCUT2D eigenvalue weighted by Crippen LogP contribution is 2.29. The first-order valence-electron chi connectivity index (χ1n) is 9.63. The van der Waals surface area contributed by atoms with Crippen LogP contribution in [0.3, 0.4) is 0 Å². The molecule has 2 aromatic carbocycles. The highest BCUT2D eigenvalue weighted by atomic mass is 19.4. The zero-order chi connectivity index (χ0) is 22.4. The normalized spacial score (nSPS) is 15.3. The fourth-order valence-electron chi connectivity index (χ4n) is 3.15. The zero-order valence-electron chi connectivity index (χ0n) is 16.5. The van der Waals surface area contributed by atoms with Crippen molar-refractivity contribution in [2.75, 3.05) is 38.0 Å². The van der Waals surface area contributed by atoms with Crippen molar-refractivity contribution >= 4 is 23.6 Å². The SMILES string of the molecule is O=C(CN1CCN(C(=O)/C=C/c2cccc(C(F)(F)F)c2)CC1)Nc1ccc(F)cc1. The Morgan fingerprint density at radius 1 is 1.00 bits per heavy atom. The third-order valence-electron chi connectivity index (χ3n) is 4.81. The lowest BCUT2D eigenvalue weighted by molar-refractivity contribution is -0.137. The molecule has 1 heterocycles. The number of alkyl halides is 3. The van der Waals surface area contributed by atoms with E-state index in [9.17, 15) is 27.2 Å². The number of nitrogens with zero attached hydrogens (tertiary/aromatic N) is 2. The Morgan fingerprint density at radius 3 is 2.32 bits per heavy atom. The Bertz CT molecular complexity index is 950. The maximum Gasteiger partial charge on any atom is 0.416 e. The topological polar surface area (TPSA) is 52.7 Å². The number of halogens is 4. The maximum atomic E-state index is 12.9. The molecule has 0 aliphatic carbocycles. The van der Waals surface area contributed by atoms with Gasteiger partial charge in [0.2, 0.25) is 11.8 Å². The van der Waals surface area contributed by atoms with Gasteiger partial charge in [0.1, 0.15) is 5.82 Å². The second-order valence-corrected chi connectivity index (χ2v) is 7.11. The number of benzene rings is 2. The molecule has 1 N–H and O–H groups in total. The molecule has 0 aromatic heterocycles. The molecule has 31 heavy (non-hydrogen) atoms. The van der Waals surface area contributed by atoms with Gasteiger partial charge in [-0.25, -0.2) is 4.39 Å². The molecule has 1 aliphatic rings. The van der Waals surface area contributed by atoms with Crippen molar-refractivity contribution in [2.24, 2.45) is 0 Å². The van der Waals surface area contributed by atoms with E-state index in [4.69, 9.17) is 0 Å². The third kappa shape index (κ3) is 6.65. The van der Waals surface area contributed by atoms with E-state index in [2.05, 4.69) is 5.32 Å². The summed E-state index contributed by atoms with van der Waals surface area (Å²) in [6.45, 7) is 1.91. The Balaban J connectivity index is 1.47. The third-order valence-corrected chi connectivity index (χ3v) is 4.81. The molecule has 0 radical (unpaired) electrons. The van der Waals surface area contributed by atoms with Gasteiger partial charge in [0.15, 0.2) is 0 Å². The van der Waals surface area contributed by atoms with Gasteiger partial charge in [-0.3, -0.25) is 14.5 Å². The first-order valence-corrected chi connectivity index (χ1v) is 9.63. The molecular formula is C22H21F4N3O2. The summed E-state index contributed by atoms with van der Waals surface area (Å²) >= 11 is 0. The molecule has 1 saturated heterocycles. The van der Waals surface area contributed by atoms with Gasteiger partial charge in [0.25, 0.3) is 0 Å². The van der Waals surface area contributed by atoms with Gasteiger partial charge in [-0.2, -0.15) is 13.2 Å². The largest absolute Gasteiger partial charge is 0.416 e. The van der Waals surface area contributed by atoms with Crippen LogP contribution in [0.1, 0.15) is 11.1 Å². The van der Waals surface area contributed by atoms with E-state index in [0.29, 0.717) is 37.4 Å². The summed E-state index contributed by atoms with van der Waals surface area (Å²) in [5, 5.41) is 2.68. The standard InChI is InChI=1S/C22H21F4N3O2/c23-18-5-7-19(8-6-18)27-20(30)15-28-10-12-29(13-11-28)21(31)9-4-16-2-1-3-17(14-16)22(24,25)26/h1-9,14H,10-13,15H2,(H,27,30)/b9-4+. The van der Waals surface area contributed by atoms with Gasteiger partial charge in [-0.15, -0.1) is 0 Å². The average molecular weight is 435 g/mol. The van der Waals surface area contributed by atoms with Crippen LogP contribution in [0.15, 0.2) is 54.6 Å². The number of hydrogen-bond acceptors (Lipinski definition) is 3. The molecule has 3 rings (SSSR count). The van der Waals surface area contributed by atoms with Crippen molar-refractivity contribution in [2.45, 2.75) is 6.18 Å². The minimum atomic E-state index is -4.44. The lowest BCUT2D eigenvalue weighted by Gasteiger charge is -2.33. The minimum absolute atomic E-state index is 0.138. The summed E-state index contributed by atoms with van der Waals surface area (Å²) in [7, 11) is 0. The minimum Gasteiger partial charge on any atom is -0.337 e. The van der Waals surface area contributed by atoms with E-state index in [-0.39, 0.29) is 24.2 Å². The van der Waals surface area contributed by atoms with Gasteiger partial charge in [-0.05, 0) is 48.0 Å². The molecule has 164 valence electrons. The second kappa shape index (κ2) is 9.74. The Kier molecular flexibility index (Phi) is 7.06. The molecule has 0 atom stereocenters.